The van der Waals surface area contributed by atoms with E-state index in [1.807, 2.05) is 24.3 Å². The van der Waals surface area contributed by atoms with Crippen LogP contribution in [0.1, 0.15) is 32.3 Å². The zero-order valence-electron chi connectivity index (χ0n) is 11.8. The van der Waals surface area contributed by atoms with Crippen LogP contribution in [0, 0.1) is 5.92 Å². The summed E-state index contributed by atoms with van der Waals surface area (Å²) < 4.78 is 5.65. The lowest BCUT2D eigenvalue weighted by atomic mass is 10.2. The van der Waals surface area contributed by atoms with Gasteiger partial charge in [-0.1, -0.05) is 26.0 Å². The fourth-order valence-electron chi connectivity index (χ4n) is 1.56. The Labute approximate surface area is 115 Å². The van der Waals surface area contributed by atoms with Crippen LogP contribution in [-0.4, -0.2) is 19.1 Å². The van der Waals surface area contributed by atoms with Gasteiger partial charge in [-0.2, -0.15) is 0 Å². The molecule has 1 amide bonds. The molecule has 0 aliphatic rings. The first-order chi connectivity index (χ1) is 9.11. The van der Waals surface area contributed by atoms with Crippen molar-refractivity contribution in [3.63, 3.8) is 0 Å². The molecular weight excluding hydrogens is 240 g/mol. The van der Waals surface area contributed by atoms with Gasteiger partial charge in [-0.3, -0.25) is 4.79 Å². The number of ether oxygens (including phenoxy) is 1. The Bertz CT molecular complexity index is 391. The van der Waals surface area contributed by atoms with E-state index in [9.17, 15) is 4.79 Å². The molecule has 0 unspecified atom stereocenters. The topological polar surface area (TPSA) is 64.3 Å². The summed E-state index contributed by atoms with van der Waals surface area (Å²) in [6, 6.07) is 7.82. The van der Waals surface area contributed by atoms with Crippen molar-refractivity contribution >= 4 is 5.91 Å². The standard InChI is InChI=1S/C15H24N2O2/c1-12(2)11-19-14-6-3-5-13(9-14)10-17-15(18)7-4-8-16/h3,5-6,9,12H,4,7-8,10-11,16H2,1-2H3,(H,17,18). The number of hydrogen-bond acceptors (Lipinski definition) is 3. The zero-order valence-corrected chi connectivity index (χ0v) is 11.8. The number of carbonyl (C=O) groups excluding carboxylic acids is 1. The number of nitrogens with two attached hydrogens (primary N) is 1. The first-order valence-electron chi connectivity index (χ1n) is 6.80. The fourth-order valence-corrected chi connectivity index (χ4v) is 1.56. The van der Waals surface area contributed by atoms with Gasteiger partial charge < -0.3 is 15.8 Å². The van der Waals surface area contributed by atoms with E-state index in [1.165, 1.54) is 0 Å². The van der Waals surface area contributed by atoms with Crippen LogP contribution in [0.5, 0.6) is 5.75 Å². The van der Waals surface area contributed by atoms with Crippen LogP contribution in [0.3, 0.4) is 0 Å². The lowest BCUT2D eigenvalue weighted by molar-refractivity contribution is -0.121. The van der Waals surface area contributed by atoms with Crippen LogP contribution in [0.25, 0.3) is 0 Å². The first-order valence-corrected chi connectivity index (χ1v) is 6.80. The number of hydrogen-bond donors (Lipinski definition) is 2. The number of benzene rings is 1. The maximum Gasteiger partial charge on any atom is 0.220 e. The third kappa shape index (κ3) is 6.82. The molecule has 106 valence electrons. The minimum atomic E-state index is 0.0407. The Balaban J connectivity index is 2.41. The molecule has 1 aromatic carbocycles. The molecule has 0 aliphatic heterocycles. The van der Waals surface area contributed by atoms with Gasteiger partial charge in [0, 0.05) is 13.0 Å². The molecule has 1 aromatic rings. The van der Waals surface area contributed by atoms with Crippen LogP contribution < -0.4 is 15.8 Å². The summed E-state index contributed by atoms with van der Waals surface area (Å²) in [5, 5.41) is 2.88. The summed E-state index contributed by atoms with van der Waals surface area (Å²) in [5.74, 6) is 1.39. The smallest absolute Gasteiger partial charge is 0.220 e. The molecule has 4 nitrogen and oxygen atoms in total. The second-order valence-electron chi connectivity index (χ2n) is 5.02. The van der Waals surface area contributed by atoms with Gasteiger partial charge >= 0.3 is 0 Å². The van der Waals surface area contributed by atoms with Crippen molar-refractivity contribution in [3.8, 4) is 5.75 Å². The van der Waals surface area contributed by atoms with Gasteiger partial charge in [-0.05, 0) is 36.6 Å². The molecule has 19 heavy (non-hydrogen) atoms. The van der Waals surface area contributed by atoms with Crippen molar-refractivity contribution in [2.24, 2.45) is 11.7 Å². The summed E-state index contributed by atoms with van der Waals surface area (Å²) in [7, 11) is 0. The van der Waals surface area contributed by atoms with Crippen molar-refractivity contribution in [2.45, 2.75) is 33.2 Å². The van der Waals surface area contributed by atoms with Crippen LogP contribution in [0.15, 0.2) is 24.3 Å². The van der Waals surface area contributed by atoms with Gasteiger partial charge in [0.1, 0.15) is 5.75 Å². The third-order valence-electron chi connectivity index (χ3n) is 2.58. The Morgan fingerprint density at radius 3 is 2.89 bits per heavy atom. The fraction of sp³-hybridized carbons (Fsp3) is 0.533. The van der Waals surface area contributed by atoms with E-state index in [0.29, 0.717) is 32.0 Å². The van der Waals surface area contributed by atoms with E-state index in [0.717, 1.165) is 17.7 Å². The molecule has 0 bridgehead atoms. The van der Waals surface area contributed by atoms with Gasteiger partial charge in [-0.25, -0.2) is 0 Å². The van der Waals surface area contributed by atoms with Crippen molar-refractivity contribution in [3.05, 3.63) is 29.8 Å². The predicted octanol–water partition coefficient (Wildman–Crippen LogP) is 2.08. The van der Waals surface area contributed by atoms with Crippen LogP contribution in [0.4, 0.5) is 0 Å². The quantitative estimate of drug-likeness (QED) is 0.755. The van der Waals surface area contributed by atoms with Crippen molar-refractivity contribution in [1.29, 1.82) is 0 Å². The van der Waals surface area contributed by atoms with Crippen molar-refractivity contribution < 1.29 is 9.53 Å². The Morgan fingerprint density at radius 2 is 2.21 bits per heavy atom. The Hall–Kier alpha value is -1.55. The van der Waals surface area contributed by atoms with Gasteiger partial charge in [0.2, 0.25) is 5.91 Å². The number of amides is 1. The second kappa shape index (κ2) is 8.53. The van der Waals surface area contributed by atoms with E-state index in [1.54, 1.807) is 0 Å². The molecule has 0 saturated heterocycles. The Kier molecular flexibility index (Phi) is 6.97. The molecule has 0 aromatic heterocycles. The van der Waals surface area contributed by atoms with Crippen LogP contribution >= 0.6 is 0 Å². The first kappa shape index (κ1) is 15.5. The monoisotopic (exact) mass is 264 g/mol. The lowest BCUT2D eigenvalue weighted by Crippen LogP contribution is -2.23. The number of rotatable bonds is 8. The van der Waals surface area contributed by atoms with E-state index in [4.69, 9.17) is 10.5 Å². The van der Waals surface area contributed by atoms with E-state index in [-0.39, 0.29) is 5.91 Å². The molecule has 0 heterocycles. The van der Waals surface area contributed by atoms with Crippen LogP contribution in [-0.2, 0) is 11.3 Å². The molecule has 0 fully saturated rings. The summed E-state index contributed by atoms with van der Waals surface area (Å²) >= 11 is 0. The Morgan fingerprint density at radius 1 is 1.42 bits per heavy atom. The molecule has 0 aliphatic carbocycles. The molecular formula is C15H24N2O2. The summed E-state index contributed by atoms with van der Waals surface area (Å²) in [6.45, 7) is 6.00. The van der Waals surface area contributed by atoms with Gasteiger partial charge in [0.25, 0.3) is 0 Å². The average Bonchev–Trinajstić information content (AvgIpc) is 2.41. The van der Waals surface area contributed by atoms with Crippen molar-refractivity contribution in [2.75, 3.05) is 13.2 Å². The highest BCUT2D eigenvalue weighted by atomic mass is 16.5. The molecule has 1 rings (SSSR count). The highest BCUT2D eigenvalue weighted by molar-refractivity contribution is 5.75. The largest absolute Gasteiger partial charge is 0.493 e. The minimum absolute atomic E-state index is 0.0407. The van der Waals surface area contributed by atoms with Gasteiger partial charge in [0.15, 0.2) is 0 Å². The van der Waals surface area contributed by atoms with Gasteiger partial charge in [-0.15, -0.1) is 0 Å². The average molecular weight is 264 g/mol. The minimum Gasteiger partial charge on any atom is -0.493 e. The normalized spacial score (nSPS) is 10.5. The SMILES string of the molecule is CC(C)COc1cccc(CNC(=O)CCCN)c1. The lowest BCUT2D eigenvalue weighted by Gasteiger charge is -2.10. The summed E-state index contributed by atoms with van der Waals surface area (Å²) in [4.78, 5) is 11.5. The third-order valence-corrected chi connectivity index (χ3v) is 2.58. The zero-order chi connectivity index (χ0) is 14.1. The predicted molar refractivity (Wildman–Crippen MR) is 76.9 cm³/mol. The summed E-state index contributed by atoms with van der Waals surface area (Å²) in [6.07, 6.45) is 1.21. The molecule has 0 atom stereocenters. The maximum absolute atomic E-state index is 11.5. The molecule has 3 N–H and O–H groups in total. The van der Waals surface area contributed by atoms with Crippen LogP contribution in [0.2, 0.25) is 0 Å². The molecule has 0 saturated carbocycles. The number of nitrogens with one attached hydrogen (secondary N) is 1. The van der Waals surface area contributed by atoms with E-state index < -0.39 is 0 Å². The number of carbonyl (C=O) groups is 1. The second-order valence-corrected chi connectivity index (χ2v) is 5.02. The van der Waals surface area contributed by atoms with Crippen molar-refractivity contribution in [1.82, 2.24) is 5.32 Å². The van der Waals surface area contributed by atoms with E-state index in [2.05, 4.69) is 19.2 Å². The molecule has 4 heteroatoms. The highest BCUT2D eigenvalue weighted by Gasteiger charge is 2.02. The van der Waals surface area contributed by atoms with Gasteiger partial charge in [0.05, 0.1) is 6.61 Å². The molecule has 0 radical (unpaired) electrons. The highest BCUT2D eigenvalue weighted by Crippen LogP contribution is 2.14. The maximum atomic E-state index is 11.5. The van der Waals surface area contributed by atoms with E-state index >= 15 is 0 Å². The molecule has 0 spiro atoms. The summed E-state index contributed by atoms with van der Waals surface area (Å²) in [5.41, 5.74) is 6.41.